The zero-order chi connectivity index (χ0) is 15.2. The minimum atomic E-state index is -3.12. The van der Waals surface area contributed by atoms with Gasteiger partial charge in [-0.1, -0.05) is 32.4 Å². The van der Waals surface area contributed by atoms with Gasteiger partial charge in [0, 0.05) is 6.04 Å². The van der Waals surface area contributed by atoms with Crippen LogP contribution in [0.5, 0.6) is 5.75 Å². The Bertz CT molecular complexity index is 496. The summed E-state index contributed by atoms with van der Waals surface area (Å²) in [4.78, 5) is 0. The van der Waals surface area contributed by atoms with Crippen LogP contribution in [0.25, 0.3) is 0 Å². The van der Waals surface area contributed by atoms with Crippen LogP contribution in [0.15, 0.2) is 24.3 Å². The Morgan fingerprint density at radius 2 is 1.75 bits per heavy atom. The number of hydrogen-bond donors (Lipinski definition) is 1. The molecule has 5 heteroatoms. The predicted octanol–water partition coefficient (Wildman–Crippen LogP) is 2.55. The molecule has 1 rings (SSSR count). The average Bonchev–Trinajstić information content (AvgIpc) is 2.38. The fourth-order valence-electron chi connectivity index (χ4n) is 1.97. The molecular weight excluding hydrogens is 274 g/mol. The molecule has 4 nitrogen and oxygen atoms in total. The lowest BCUT2D eigenvalue weighted by Crippen LogP contribution is -2.25. The van der Waals surface area contributed by atoms with E-state index in [1.54, 1.807) is 0 Å². The second-order valence-corrected chi connectivity index (χ2v) is 7.35. The van der Waals surface area contributed by atoms with Crippen LogP contribution < -0.4 is 10.5 Å². The van der Waals surface area contributed by atoms with Crippen molar-refractivity contribution in [1.29, 1.82) is 0 Å². The number of hydrogen-bond acceptors (Lipinski definition) is 4. The summed E-state index contributed by atoms with van der Waals surface area (Å²) in [5, 5.41) is 0. The summed E-state index contributed by atoms with van der Waals surface area (Å²) >= 11 is 0. The zero-order valence-corrected chi connectivity index (χ0v) is 13.3. The van der Waals surface area contributed by atoms with Crippen LogP contribution in [0.2, 0.25) is 0 Å². The lowest BCUT2D eigenvalue weighted by molar-refractivity contribution is 0.340. The summed E-state index contributed by atoms with van der Waals surface area (Å²) in [5.41, 5.74) is 6.82. The average molecular weight is 299 g/mol. The third kappa shape index (κ3) is 5.51. The number of ether oxygens (including phenoxy) is 1. The van der Waals surface area contributed by atoms with Gasteiger partial charge in [-0.15, -0.1) is 0 Å². The molecule has 0 radical (unpaired) electrons. The molecule has 0 spiro atoms. The molecule has 2 unspecified atom stereocenters. The molecule has 0 amide bonds. The fourth-order valence-corrected chi connectivity index (χ4v) is 3.95. The van der Waals surface area contributed by atoms with E-state index in [9.17, 15) is 8.42 Å². The number of rotatable bonds is 8. The third-order valence-electron chi connectivity index (χ3n) is 3.29. The third-order valence-corrected chi connectivity index (χ3v) is 5.23. The Balaban J connectivity index is 2.68. The summed E-state index contributed by atoms with van der Waals surface area (Å²) in [6.07, 6.45) is 0.859. The molecule has 0 aliphatic rings. The molecule has 0 bridgehead atoms. The molecule has 0 heterocycles. The highest BCUT2D eigenvalue weighted by Gasteiger charge is 2.20. The molecule has 1 aromatic carbocycles. The van der Waals surface area contributed by atoms with E-state index in [1.165, 1.54) is 0 Å². The van der Waals surface area contributed by atoms with Crippen molar-refractivity contribution >= 4 is 9.84 Å². The molecule has 0 saturated heterocycles. The molecule has 0 aliphatic heterocycles. The Morgan fingerprint density at radius 3 is 2.25 bits per heavy atom. The van der Waals surface area contributed by atoms with Crippen molar-refractivity contribution in [2.75, 3.05) is 18.1 Å². The van der Waals surface area contributed by atoms with Gasteiger partial charge in [0.1, 0.15) is 5.75 Å². The second kappa shape index (κ2) is 7.64. The van der Waals surface area contributed by atoms with Crippen molar-refractivity contribution in [1.82, 2.24) is 0 Å². The highest BCUT2D eigenvalue weighted by Crippen LogP contribution is 2.19. The lowest BCUT2D eigenvalue weighted by Gasteiger charge is -2.15. The van der Waals surface area contributed by atoms with Crippen molar-refractivity contribution < 1.29 is 13.2 Å². The van der Waals surface area contributed by atoms with E-state index < -0.39 is 15.9 Å². The molecule has 0 aromatic heterocycles. The van der Waals surface area contributed by atoms with E-state index in [4.69, 9.17) is 10.5 Å². The van der Waals surface area contributed by atoms with Crippen molar-refractivity contribution in [3.8, 4) is 5.75 Å². The van der Waals surface area contributed by atoms with E-state index in [0.29, 0.717) is 6.61 Å². The monoisotopic (exact) mass is 299 g/mol. The van der Waals surface area contributed by atoms with E-state index >= 15 is 0 Å². The first-order chi connectivity index (χ1) is 9.38. The molecule has 0 fully saturated rings. The van der Waals surface area contributed by atoms with Crippen molar-refractivity contribution in [2.24, 2.45) is 11.7 Å². The predicted molar refractivity (Wildman–Crippen MR) is 82.6 cm³/mol. The maximum Gasteiger partial charge on any atom is 0.152 e. The first-order valence-electron chi connectivity index (χ1n) is 7.06. The molecule has 2 N–H and O–H groups in total. The highest BCUT2D eigenvalue weighted by atomic mass is 32.2. The first kappa shape index (κ1) is 17.0. The normalized spacial score (nSPS) is 14.8. The van der Waals surface area contributed by atoms with Crippen molar-refractivity contribution in [3.05, 3.63) is 29.8 Å². The van der Waals surface area contributed by atoms with Gasteiger partial charge in [-0.05, 0) is 30.5 Å². The van der Waals surface area contributed by atoms with Gasteiger partial charge in [0.2, 0.25) is 0 Å². The molecule has 0 aliphatic carbocycles. The molecule has 114 valence electrons. The van der Waals surface area contributed by atoms with E-state index in [-0.39, 0.29) is 17.4 Å². The standard InChI is InChI=1S/C15H25NO3S/c1-4-12(3)10-20(17,18)11-15(16)13-6-8-14(9-7-13)19-5-2/h6-9,12,15H,4-5,10-11,16H2,1-3H3. The number of nitrogens with two attached hydrogens (primary N) is 1. The fraction of sp³-hybridized carbons (Fsp3) is 0.600. The van der Waals surface area contributed by atoms with Crippen LogP contribution in [-0.2, 0) is 9.84 Å². The van der Waals surface area contributed by atoms with Crippen LogP contribution in [0, 0.1) is 5.92 Å². The number of sulfone groups is 1. The summed E-state index contributed by atoms with van der Waals surface area (Å²) in [5.74, 6) is 1.14. The maximum absolute atomic E-state index is 12.0. The van der Waals surface area contributed by atoms with Gasteiger partial charge < -0.3 is 10.5 Å². The lowest BCUT2D eigenvalue weighted by atomic mass is 10.1. The highest BCUT2D eigenvalue weighted by molar-refractivity contribution is 7.91. The smallest absolute Gasteiger partial charge is 0.152 e. The largest absolute Gasteiger partial charge is 0.494 e. The van der Waals surface area contributed by atoms with Crippen LogP contribution in [0.3, 0.4) is 0 Å². The molecule has 0 saturated carbocycles. The van der Waals surface area contributed by atoms with Gasteiger partial charge in [-0.2, -0.15) is 0 Å². The Kier molecular flexibility index (Phi) is 6.49. The maximum atomic E-state index is 12.0. The van der Waals surface area contributed by atoms with Gasteiger partial charge in [0.05, 0.1) is 18.1 Å². The van der Waals surface area contributed by atoms with Gasteiger partial charge in [0.25, 0.3) is 0 Å². The van der Waals surface area contributed by atoms with E-state index in [2.05, 4.69) is 0 Å². The van der Waals surface area contributed by atoms with Gasteiger partial charge >= 0.3 is 0 Å². The van der Waals surface area contributed by atoms with Crippen LogP contribution in [0.4, 0.5) is 0 Å². The topological polar surface area (TPSA) is 69.4 Å². The SMILES string of the molecule is CCOc1ccc(C(N)CS(=O)(=O)CC(C)CC)cc1. The van der Waals surface area contributed by atoms with Crippen LogP contribution >= 0.6 is 0 Å². The Morgan fingerprint density at radius 1 is 1.15 bits per heavy atom. The van der Waals surface area contributed by atoms with Gasteiger partial charge in [0.15, 0.2) is 9.84 Å². The molecule has 20 heavy (non-hydrogen) atoms. The summed E-state index contributed by atoms with van der Waals surface area (Å²) < 4.78 is 29.4. The second-order valence-electron chi connectivity index (χ2n) is 5.20. The van der Waals surface area contributed by atoms with Crippen molar-refractivity contribution in [3.63, 3.8) is 0 Å². The van der Waals surface area contributed by atoms with Gasteiger partial charge in [-0.3, -0.25) is 0 Å². The summed E-state index contributed by atoms with van der Waals surface area (Å²) in [6, 6.07) is 6.81. The quantitative estimate of drug-likeness (QED) is 0.801. The molecular formula is C15H25NO3S. The summed E-state index contributed by atoms with van der Waals surface area (Å²) in [7, 11) is -3.12. The Labute approximate surface area is 122 Å². The minimum absolute atomic E-state index is 0.00861. The summed E-state index contributed by atoms with van der Waals surface area (Å²) in [6.45, 7) is 6.46. The number of benzene rings is 1. The first-order valence-corrected chi connectivity index (χ1v) is 8.88. The molecule has 2 atom stereocenters. The van der Waals surface area contributed by atoms with E-state index in [0.717, 1.165) is 17.7 Å². The van der Waals surface area contributed by atoms with Crippen molar-refractivity contribution in [2.45, 2.75) is 33.2 Å². The zero-order valence-electron chi connectivity index (χ0n) is 12.5. The van der Waals surface area contributed by atoms with E-state index in [1.807, 2.05) is 45.0 Å². The van der Waals surface area contributed by atoms with Gasteiger partial charge in [-0.25, -0.2) is 8.42 Å². The van der Waals surface area contributed by atoms with Crippen LogP contribution in [0.1, 0.15) is 38.8 Å². The molecule has 1 aromatic rings. The Hall–Kier alpha value is -1.07. The minimum Gasteiger partial charge on any atom is -0.494 e. The van der Waals surface area contributed by atoms with Crippen LogP contribution in [-0.4, -0.2) is 26.5 Å².